The molecular weight excluding hydrogens is 349 g/mol. The molecule has 1 N–H and O–H groups in total. The number of amides is 1. The average molecular weight is 362 g/mol. The van der Waals surface area contributed by atoms with Crippen molar-refractivity contribution in [3.63, 3.8) is 0 Å². The van der Waals surface area contributed by atoms with Gasteiger partial charge in [0.1, 0.15) is 10.0 Å². The van der Waals surface area contributed by atoms with Gasteiger partial charge in [-0.25, -0.2) is 4.98 Å². The summed E-state index contributed by atoms with van der Waals surface area (Å²) in [7, 11) is 0. The number of nitrogens with one attached hydrogen (secondary N) is 1. The third-order valence-corrected chi connectivity index (χ3v) is 4.48. The fourth-order valence-electron chi connectivity index (χ4n) is 2.24. The van der Waals surface area contributed by atoms with Gasteiger partial charge in [-0.15, -0.1) is 0 Å². The summed E-state index contributed by atoms with van der Waals surface area (Å²) in [5.41, 5.74) is 2.09. The molecule has 0 bridgehead atoms. The third kappa shape index (κ3) is 4.24. The van der Waals surface area contributed by atoms with Crippen LogP contribution in [-0.4, -0.2) is 17.1 Å². The van der Waals surface area contributed by atoms with Crippen molar-refractivity contribution < 1.29 is 18.0 Å². The predicted octanol–water partition coefficient (Wildman–Crippen LogP) is 4.90. The second kappa shape index (κ2) is 7.06. The second-order valence-corrected chi connectivity index (χ2v) is 6.27. The lowest BCUT2D eigenvalue weighted by molar-refractivity contribution is -0.167. The van der Waals surface area contributed by atoms with Crippen molar-refractivity contribution in [3.8, 4) is 10.6 Å². The van der Waals surface area contributed by atoms with E-state index < -0.39 is 12.1 Å². The number of benzene rings is 2. The van der Waals surface area contributed by atoms with Crippen LogP contribution in [0.2, 0.25) is 0 Å². The number of anilines is 1. The number of hydrogen-bond acceptors (Lipinski definition) is 3. The van der Waals surface area contributed by atoms with E-state index in [2.05, 4.69) is 4.98 Å². The number of rotatable bonds is 4. The summed E-state index contributed by atoms with van der Waals surface area (Å²) in [5, 5.41) is 2.63. The molecule has 0 radical (unpaired) electrons. The molecule has 0 saturated heterocycles. The lowest BCUT2D eigenvalue weighted by Gasteiger charge is -2.07. The molecule has 0 atom stereocenters. The molecule has 0 aliphatic rings. The van der Waals surface area contributed by atoms with E-state index in [4.69, 9.17) is 0 Å². The lowest BCUT2D eigenvalue weighted by Crippen LogP contribution is -2.29. The van der Waals surface area contributed by atoms with Gasteiger partial charge in [0, 0.05) is 12.0 Å². The van der Waals surface area contributed by atoms with Crippen LogP contribution >= 0.6 is 11.3 Å². The summed E-state index contributed by atoms with van der Waals surface area (Å²) < 4.78 is 37.8. The van der Waals surface area contributed by atoms with E-state index >= 15 is 0 Å². The molecule has 0 unspecified atom stereocenters. The van der Waals surface area contributed by atoms with Crippen LogP contribution in [0.5, 0.6) is 0 Å². The lowest BCUT2D eigenvalue weighted by atomic mass is 10.1. The van der Waals surface area contributed by atoms with E-state index in [1.54, 1.807) is 0 Å². The highest BCUT2D eigenvalue weighted by atomic mass is 32.1. The Morgan fingerprint density at radius 3 is 2.20 bits per heavy atom. The first kappa shape index (κ1) is 17.2. The standard InChI is InChI=1S/C18H13F3N2OS/c19-18(20,21)17(24)23-16-14(11-12-7-3-1-4-8-12)22-15(25-16)13-9-5-2-6-10-13/h1-10H,11H2,(H,23,24). The number of carbonyl (C=O) groups excluding carboxylic acids is 1. The Morgan fingerprint density at radius 2 is 1.60 bits per heavy atom. The number of nitrogens with zero attached hydrogens (tertiary/aromatic N) is 1. The minimum absolute atomic E-state index is 0.116. The van der Waals surface area contributed by atoms with Crippen LogP contribution < -0.4 is 5.32 Å². The number of carbonyl (C=O) groups is 1. The van der Waals surface area contributed by atoms with Gasteiger partial charge >= 0.3 is 12.1 Å². The SMILES string of the molecule is O=C(Nc1sc(-c2ccccc2)nc1Cc1ccccc1)C(F)(F)F. The molecular formula is C18H13F3N2OS. The second-order valence-electron chi connectivity index (χ2n) is 5.28. The Kier molecular flexibility index (Phi) is 4.85. The van der Waals surface area contributed by atoms with Crippen LogP contribution in [0.25, 0.3) is 10.6 Å². The van der Waals surface area contributed by atoms with Gasteiger partial charge in [0.15, 0.2) is 0 Å². The van der Waals surface area contributed by atoms with E-state index in [1.807, 2.05) is 66.0 Å². The highest BCUT2D eigenvalue weighted by molar-refractivity contribution is 7.19. The van der Waals surface area contributed by atoms with Crippen molar-refractivity contribution >= 4 is 22.2 Å². The molecule has 0 saturated carbocycles. The summed E-state index contributed by atoms with van der Waals surface area (Å²) >= 11 is 1.03. The van der Waals surface area contributed by atoms with Crippen molar-refractivity contribution in [1.29, 1.82) is 0 Å². The topological polar surface area (TPSA) is 42.0 Å². The van der Waals surface area contributed by atoms with E-state index in [-0.39, 0.29) is 5.00 Å². The molecule has 1 aromatic heterocycles. The van der Waals surface area contributed by atoms with Gasteiger partial charge < -0.3 is 5.32 Å². The third-order valence-electron chi connectivity index (χ3n) is 3.42. The quantitative estimate of drug-likeness (QED) is 0.717. The first-order valence-electron chi connectivity index (χ1n) is 7.41. The van der Waals surface area contributed by atoms with Crippen molar-refractivity contribution in [2.24, 2.45) is 0 Å². The molecule has 25 heavy (non-hydrogen) atoms. The summed E-state index contributed by atoms with van der Waals surface area (Å²) in [5.74, 6) is -2.00. The Balaban J connectivity index is 1.96. The molecule has 0 spiro atoms. The summed E-state index contributed by atoms with van der Waals surface area (Å²) in [6, 6.07) is 18.4. The minimum Gasteiger partial charge on any atom is -0.308 e. The summed E-state index contributed by atoms with van der Waals surface area (Å²) in [6.45, 7) is 0. The van der Waals surface area contributed by atoms with Gasteiger partial charge in [0.2, 0.25) is 0 Å². The zero-order chi connectivity index (χ0) is 17.9. The number of alkyl halides is 3. The maximum atomic E-state index is 12.6. The van der Waals surface area contributed by atoms with Crippen LogP contribution in [0.1, 0.15) is 11.3 Å². The molecule has 0 aliphatic heterocycles. The number of aromatic nitrogens is 1. The predicted molar refractivity (Wildman–Crippen MR) is 91.5 cm³/mol. The van der Waals surface area contributed by atoms with E-state index in [0.29, 0.717) is 17.1 Å². The van der Waals surface area contributed by atoms with Gasteiger partial charge in [0.05, 0.1) is 5.69 Å². The van der Waals surface area contributed by atoms with E-state index in [0.717, 1.165) is 22.5 Å². The fourth-order valence-corrected chi connectivity index (χ4v) is 3.22. The van der Waals surface area contributed by atoms with Crippen molar-refractivity contribution in [3.05, 3.63) is 71.9 Å². The Labute approximate surface area is 146 Å². The minimum atomic E-state index is -4.94. The van der Waals surface area contributed by atoms with Gasteiger partial charge in [-0.3, -0.25) is 4.79 Å². The number of halogens is 3. The van der Waals surface area contributed by atoms with Crippen molar-refractivity contribution in [1.82, 2.24) is 4.98 Å². The summed E-state index contributed by atoms with van der Waals surface area (Å²) in [4.78, 5) is 15.8. The number of hydrogen-bond donors (Lipinski definition) is 1. The molecule has 2 aromatic carbocycles. The summed E-state index contributed by atoms with van der Waals surface area (Å²) in [6.07, 6.45) is -4.61. The Hall–Kier alpha value is -2.67. The van der Waals surface area contributed by atoms with Crippen molar-refractivity contribution in [2.45, 2.75) is 12.6 Å². The molecule has 3 rings (SSSR count). The van der Waals surface area contributed by atoms with E-state index in [9.17, 15) is 18.0 Å². The molecule has 128 valence electrons. The molecule has 0 aliphatic carbocycles. The smallest absolute Gasteiger partial charge is 0.308 e. The molecule has 3 nitrogen and oxygen atoms in total. The Morgan fingerprint density at radius 1 is 1.00 bits per heavy atom. The first-order chi connectivity index (χ1) is 11.9. The van der Waals surface area contributed by atoms with Gasteiger partial charge in [0.25, 0.3) is 0 Å². The first-order valence-corrected chi connectivity index (χ1v) is 8.22. The van der Waals surface area contributed by atoms with Crippen LogP contribution in [0.4, 0.5) is 18.2 Å². The van der Waals surface area contributed by atoms with Gasteiger partial charge in [-0.1, -0.05) is 72.0 Å². The zero-order valence-electron chi connectivity index (χ0n) is 12.9. The highest BCUT2D eigenvalue weighted by Crippen LogP contribution is 2.34. The molecule has 0 fully saturated rings. The molecule has 3 aromatic rings. The number of thiazole rings is 1. The maximum absolute atomic E-state index is 12.6. The van der Waals surface area contributed by atoms with Crippen LogP contribution in [0, 0.1) is 0 Å². The monoisotopic (exact) mass is 362 g/mol. The van der Waals surface area contributed by atoms with E-state index in [1.165, 1.54) is 0 Å². The highest BCUT2D eigenvalue weighted by Gasteiger charge is 2.39. The Bertz CT molecular complexity index is 861. The molecule has 7 heteroatoms. The van der Waals surface area contributed by atoms with Crippen molar-refractivity contribution in [2.75, 3.05) is 5.32 Å². The molecule has 1 amide bonds. The van der Waals surface area contributed by atoms with Crippen LogP contribution in [0.15, 0.2) is 60.7 Å². The van der Waals surface area contributed by atoms with Crippen LogP contribution in [0.3, 0.4) is 0 Å². The maximum Gasteiger partial charge on any atom is 0.471 e. The van der Waals surface area contributed by atoms with Gasteiger partial charge in [-0.2, -0.15) is 13.2 Å². The normalized spacial score (nSPS) is 11.3. The molecule has 1 heterocycles. The average Bonchev–Trinajstić information content (AvgIpc) is 2.98. The van der Waals surface area contributed by atoms with Crippen LogP contribution in [-0.2, 0) is 11.2 Å². The fraction of sp³-hybridized carbons (Fsp3) is 0.111. The largest absolute Gasteiger partial charge is 0.471 e. The zero-order valence-corrected chi connectivity index (χ0v) is 13.7. The van der Waals surface area contributed by atoms with Gasteiger partial charge in [-0.05, 0) is 5.56 Å².